The molecule has 4 rings (SSSR count). The van der Waals surface area contributed by atoms with E-state index in [1.54, 1.807) is 17.0 Å². The van der Waals surface area contributed by atoms with Gasteiger partial charge in [0.15, 0.2) is 11.6 Å². The lowest BCUT2D eigenvalue weighted by atomic mass is 9.94. The van der Waals surface area contributed by atoms with Gasteiger partial charge < -0.3 is 9.42 Å². The summed E-state index contributed by atoms with van der Waals surface area (Å²) in [6, 6.07) is 5.80. The molecule has 1 aromatic carbocycles. The molecule has 0 aliphatic carbocycles. The van der Waals surface area contributed by atoms with Crippen LogP contribution in [0.3, 0.4) is 0 Å². The standard InChI is InChI=1S/C20H23F2N3O2/c21-16-6-5-14(10-17(16)22)12-24-7-3-4-15(13-24)18-11-19(27-23-18)20(26)25-8-1-2-9-25/h5-6,10-11,15H,1-4,7-9,12-13H2. The second kappa shape index (κ2) is 7.76. The molecule has 2 fully saturated rings. The van der Waals surface area contributed by atoms with Crippen LogP contribution in [0.2, 0.25) is 0 Å². The van der Waals surface area contributed by atoms with Gasteiger partial charge in [0.1, 0.15) is 0 Å². The van der Waals surface area contributed by atoms with Crippen LogP contribution < -0.4 is 0 Å². The van der Waals surface area contributed by atoms with Crippen molar-refractivity contribution in [3.8, 4) is 0 Å². The average molecular weight is 375 g/mol. The zero-order valence-corrected chi connectivity index (χ0v) is 15.2. The van der Waals surface area contributed by atoms with Crippen molar-refractivity contribution in [2.45, 2.75) is 38.1 Å². The second-order valence-corrected chi connectivity index (χ2v) is 7.44. The third-order valence-electron chi connectivity index (χ3n) is 5.45. The zero-order valence-electron chi connectivity index (χ0n) is 15.2. The molecule has 1 unspecified atom stereocenters. The molecule has 0 bridgehead atoms. The fourth-order valence-electron chi connectivity index (χ4n) is 3.99. The van der Waals surface area contributed by atoms with E-state index in [0.717, 1.165) is 63.1 Å². The van der Waals surface area contributed by atoms with Crippen LogP contribution in [-0.2, 0) is 6.54 Å². The van der Waals surface area contributed by atoms with Gasteiger partial charge in [-0.15, -0.1) is 0 Å². The first kappa shape index (κ1) is 18.1. The smallest absolute Gasteiger partial charge is 0.292 e. The van der Waals surface area contributed by atoms with Crippen LogP contribution in [-0.4, -0.2) is 47.0 Å². The molecule has 1 amide bonds. The first-order chi connectivity index (χ1) is 13.1. The summed E-state index contributed by atoms with van der Waals surface area (Å²) in [6.07, 6.45) is 4.03. The molecule has 2 aromatic rings. The lowest BCUT2D eigenvalue weighted by Crippen LogP contribution is -2.34. The van der Waals surface area contributed by atoms with E-state index < -0.39 is 11.6 Å². The maximum absolute atomic E-state index is 13.4. The van der Waals surface area contributed by atoms with E-state index in [1.807, 2.05) is 0 Å². The molecule has 7 heteroatoms. The Morgan fingerprint density at radius 2 is 1.93 bits per heavy atom. The Morgan fingerprint density at radius 3 is 2.70 bits per heavy atom. The molecule has 2 aliphatic rings. The molecule has 1 aromatic heterocycles. The maximum Gasteiger partial charge on any atom is 0.292 e. The van der Waals surface area contributed by atoms with Gasteiger partial charge in [0, 0.05) is 38.2 Å². The summed E-state index contributed by atoms with van der Waals surface area (Å²) in [5.74, 6) is -1.24. The highest BCUT2D eigenvalue weighted by Crippen LogP contribution is 2.28. The van der Waals surface area contributed by atoms with E-state index in [-0.39, 0.29) is 11.8 Å². The molecular weight excluding hydrogens is 352 g/mol. The largest absolute Gasteiger partial charge is 0.351 e. The van der Waals surface area contributed by atoms with Gasteiger partial charge in [-0.1, -0.05) is 11.2 Å². The van der Waals surface area contributed by atoms with Crippen LogP contribution >= 0.6 is 0 Å². The predicted molar refractivity (Wildman–Crippen MR) is 95.3 cm³/mol. The zero-order chi connectivity index (χ0) is 18.8. The molecule has 2 saturated heterocycles. The summed E-state index contributed by atoms with van der Waals surface area (Å²) in [5.41, 5.74) is 1.55. The van der Waals surface area contributed by atoms with Gasteiger partial charge in [-0.25, -0.2) is 8.78 Å². The minimum atomic E-state index is -0.826. The highest BCUT2D eigenvalue weighted by atomic mass is 19.2. The number of amides is 1. The first-order valence-corrected chi connectivity index (χ1v) is 9.52. The SMILES string of the molecule is O=C(c1cc(C2CCCN(Cc3ccc(F)c(F)c3)C2)no1)N1CCCC1. The minimum absolute atomic E-state index is 0.0827. The van der Waals surface area contributed by atoms with E-state index in [9.17, 15) is 13.6 Å². The molecule has 0 radical (unpaired) electrons. The Kier molecular flexibility index (Phi) is 5.20. The topological polar surface area (TPSA) is 49.6 Å². The van der Waals surface area contributed by atoms with Crippen LogP contribution in [0.1, 0.15) is 53.4 Å². The van der Waals surface area contributed by atoms with Gasteiger partial charge in [-0.05, 0) is 49.9 Å². The predicted octanol–water partition coefficient (Wildman–Crippen LogP) is 3.57. The monoisotopic (exact) mass is 375 g/mol. The van der Waals surface area contributed by atoms with E-state index in [0.29, 0.717) is 12.3 Å². The van der Waals surface area contributed by atoms with Crippen LogP contribution in [0.4, 0.5) is 8.78 Å². The third-order valence-corrected chi connectivity index (χ3v) is 5.45. The molecule has 27 heavy (non-hydrogen) atoms. The van der Waals surface area contributed by atoms with Crippen LogP contribution in [0.25, 0.3) is 0 Å². The van der Waals surface area contributed by atoms with Crippen LogP contribution in [0.15, 0.2) is 28.8 Å². The van der Waals surface area contributed by atoms with Crippen molar-refractivity contribution in [3.63, 3.8) is 0 Å². The fraction of sp³-hybridized carbons (Fsp3) is 0.500. The first-order valence-electron chi connectivity index (χ1n) is 9.52. The Balaban J connectivity index is 1.40. The highest BCUT2D eigenvalue weighted by molar-refractivity contribution is 5.91. The molecule has 0 saturated carbocycles. The summed E-state index contributed by atoms with van der Waals surface area (Å²) in [7, 11) is 0. The second-order valence-electron chi connectivity index (χ2n) is 7.44. The molecular formula is C20H23F2N3O2. The number of nitrogens with zero attached hydrogens (tertiary/aromatic N) is 3. The number of carbonyl (C=O) groups excluding carboxylic acids is 1. The van der Waals surface area contributed by atoms with E-state index >= 15 is 0 Å². The van der Waals surface area contributed by atoms with Gasteiger partial charge in [-0.3, -0.25) is 9.69 Å². The summed E-state index contributed by atoms with van der Waals surface area (Å²) < 4.78 is 31.9. The molecule has 0 spiro atoms. The number of piperidine rings is 1. The quantitative estimate of drug-likeness (QED) is 0.820. The Morgan fingerprint density at radius 1 is 1.11 bits per heavy atom. The maximum atomic E-state index is 13.4. The Labute approximate surface area is 156 Å². The van der Waals surface area contributed by atoms with Crippen LogP contribution in [0, 0.1) is 11.6 Å². The molecule has 0 N–H and O–H groups in total. The van der Waals surface area contributed by atoms with Crippen molar-refractivity contribution in [2.24, 2.45) is 0 Å². The fourth-order valence-corrected chi connectivity index (χ4v) is 3.99. The summed E-state index contributed by atoms with van der Waals surface area (Å²) in [6.45, 7) is 3.77. The summed E-state index contributed by atoms with van der Waals surface area (Å²) in [4.78, 5) is 16.4. The van der Waals surface area contributed by atoms with Gasteiger partial charge in [0.05, 0.1) is 5.69 Å². The Hall–Kier alpha value is -2.28. The molecule has 2 aliphatic heterocycles. The van der Waals surface area contributed by atoms with E-state index in [4.69, 9.17) is 4.52 Å². The van der Waals surface area contributed by atoms with Gasteiger partial charge in [0.25, 0.3) is 5.91 Å². The number of hydrogen-bond acceptors (Lipinski definition) is 4. The number of rotatable bonds is 4. The lowest BCUT2D eigenvalue weighted by Gasteiger charge is -2.31. The number of aromatic nitrogens is 1. The number of carbonyl (C=O) groups is 1. The van der Waals surface area contributed by atoms with Crippen molar-refractivity contribution < 1.29 is 18.1 Å². The van der Waals surface area contributed by atoms with Gasteiger partial charge >= 0.3 is 0 Å². The number of halogens is 2. The van der Waals surface area contributed by atoms with Crippen molar-refractivity contribution in [1.82, 2.24) is 15.0 Å². The summed E-state index contributed by atoms with van der Waals surface area (Å²) >= 11 is 0. The molecule has 1 atom stereocenters. The minimum Gasteiger partial charge on any atom is -0.351 e. The van der Waals surface area contributed by atoms with E-state index in [2.05, 4.69) is 10.1 Å². The Bertz CT molecular complexity index is 817. The van der Waals surface area contributed by atoms with Crippen molar-refractivity contribution >= 4 is 5.91 Å². The lowest BCUT2D eigenvalue weighted by molar-refractivity contribution is 0.0751. The normalized spacial score (nSPS) is 21.0. The summed E-state index contributed by atoms with van der Waals surface area (Å²) in [5, 5.41) is 4.14. The highest BCUT2D eigenvalue weighted by Gasteiger charge is 2.28. The van der Waals surface area contributed by atoms with Gasteiger partial charge in [-0.2, -0.15) is 0 Å². The average Bonchev–Trinajstić information content (AvgIpc) is 3.36. The third kappa shape index (κ3) is 4.03. The number of benzene rings is 1. The number of likely N-dealkylation sites (tertiary alicyclic amines) is 2. The van der Waals surface area contributed by atoms with Crippen molar-refractivity contribution in [3.05, 3.63) is 52.9 Å². The van der Waals surface area contributed by atoms with Crippen LogP contribution in [0.5, 0.6) is 0 Å². The van der Waals surface area contributed by atoms with Crippen molar-refractivity contribution in [2.75, 3.05) is 26.2 Å². The van der Waals surface area contributed by atoms with E-state index in [1.165, 1.54) is 12.1 Å². The molecule has 3 heterocycles. The number of hydrogen-bond donors (Lipinski definition) is 0. The van der Waals surface area contributed by atoms with Crippen molar-refractivity contribution in [1.29, 1.82) is 0 Å². The van der Waals surface area contributed by atoms with Gasteiger partial charge in [0.2, 0.25) is 5.76 Å². The molecule has 144 valence electrons. The molecule has 5 nitrogen and oxygen atoms in total.